The summed E-state index contributed by atoms with van der Waals surface area (Å²) in [5.74, 6) is -0.239. The van der Waals surface area contributed by atoms with Crippen molar-refractivity contribution in [3.8, 4) is 0 Å². The maximum Gasteiger partial charge on any atom is 0.246 e. The zero-order chi connectivity index (χ0) is 23.4. The summed E-state index contributed by atoms with van der Waals surface area (Å²) in [6.07, 6.45) is 2.46. The van der Waals surface area contributed by atoms with Gasteiger partial charge in [-0.15, -0.1) is 0 Å². The number of amides is 1. The van der Waals surface area contributed by atoms with Crippen molar-refractivity contribution in [3.05, 3.63) is 48.0 Å². The van der Waals surface area contributed by atoms with E-state index in [1.165, 1.54) is 28.9 Å². The lowest BCUT2D eigenvalue weighted by Crippen LogP contribution is -2.40. The Morgan fingerprint density at radius 1 is 0.970 bits per heavy atom. The fourth-order valence-electron chi connectivity index (χ4n) is 4.19. The van der Waals surface area contributed by atoms with Gasteiger partial charge >= 0.3 is 0 Å². The molecule has 0 radical (unpaired) electrons. The van der Waals surface area contributed by atoms with Crippen molar-refractivity contribution in [2.75, 3.05) is 54.9 Å². The van der Waals surface area contributed by atoms with Gasteiger partial charge in [0.05, 0.1) is 18.1 Å². The maximum atomic E-state index is 13.1. The van der Waals surface area contributed by atoms with E-state index in [1.54, 1.807) is 26.0 Å². The standard InChI is InChI=1S/C24H32N4O4S/c1-18-5-6-21(17-23(18)33(30,31)28-13-15-32-16-14-28)26-24(29)19(2)25-20-7-9-22(10-8-20)27-11-3-4-12-27/h5-10,17,19,25H,3-4,11-16H2,1-2H3,(H,26,29). The van der Waals surface area contributed by atoms with Crippen LogP contribution in [0.4, 0.5) is 17.1 Å². The number of benzene rings is 2. The molecule has 2 saturated heterocycles. The average Bonchev–Trinajstić information content (AvgIpc) is 3.36. The van der Waals surface area contributed by atoms with E-state index in [1.807, 2.05) is 12.1 Å². The second-order valence-corrected chi connectivity index (χ2v) is 10.5. The van der Waals surface area contributed by atoms with Crippen LogP contribution in [0, 0.1) is 6.92 Å². The zero-order valence-electron chi connectivity index (χ0n) is 19.2. The van der Waals surface area contributed by atoms with E-state index in [0.29, 0.717) is 37.6 Å². The van der Waals surface area contributed by atoms with Crippen LogP contribution in [-0.4, -0.2) is 64.1 Å². The van der Waals surface area contributed by atoms with E-state index in [4.69, 9.17) is 4.74 Å². The van der Waals surface area contributed by atoms with Gasteiger partial charge in [-0.05, 0) is 68.7 Å². The van der Waals surface area contributed by atoms with Gasteiger partial charge in [-0.2, -0.15) is 4.31 Å². The molecule has 0 aliphatic carbocycles. The fourth-order valence-corrected chi connectivity index (χ4v) is 5.85. The first kappa shape index (κ1) is 23.5. The molecule has 2 aliphatic rings. The highest BCUT2D eigenvalue weighted by Gasteiger charge is 2.28. The molecule has 0 aromatic heterocycles. The first-order valence-corrected chi connectivity index (χ1v) is 12.9. The summed E-state index contributed by atoms with van der Waals surface area (Å²) in [5.41, 5.74) is 3.16. The number of nitrogens with one attached hydrogen (secondary N) is 2. The number of nitrogens with zero attached hydrogens (tertiary/aromatic N) is 2. The van der Waals surface area contributed by atoms with Gasteiger partial charge in [0.25, 0.3) is 0 Å². The van der Waals surface area contributed by atoms with Crippen molar-refractivity contribution in [1.29, 1.82) is 0 Å². The molecule has 1 atom stereocenters. The Balaban J connectivity index is 1.41. The van der Waals surface area contributed by atoms with Gasteiger partial charge in [0.15, 0.2) is 0 Å². The third kappa shape index (κ3) is 5.48. The number of hydrogen-bond acceptors (Lipinski definition) is 6. The third-order valence-corrected chi connectivity index (χ3v) is 8.20. The first-order chi connectivity index (χ1) is 15.8. The van der Waals surface area contributed by atoms with Crippen LogP contribution in [0.15, 0.2) is 47.4 Å². The Morgan fingerprint density at radius 2 is 1.61 bits per heavy atom. The largest absolute Gasteiger partial charge is 0.379 e. The second-order valence-electron chi connectivity index (χ2n) is 8.59. The number of hydrogen-bond donors (Lipinski definition) is 2. The Labute approximate surface area is 196 Å². The predicted octanol–water partition coefficient (Wildman–Crippen LogP) is 3.06. The van der Waals surface area contributed by atoms with Crippen molar-refractivity contribution >= 4 is 33.0 Å². The van der Waals surface area contributed by atoms with Gasteiger partial charge in [0, 0.05) is 43.2 Å². The average molecular weight is 473 g/mol. The quantitative estimate of drug-likeness (QED) is 0.644. The molecule has 0 saturated carbocycles. The van der Waals surface area contributed by atoms with Crippen molar-refractivity contribution < 1.29 is 17.9 Å². The summed E-state index contributed by atoms with van der Waals surface area (Å²) in [6.45, 7) is 7.15. The number of carbonyl (C=O) groups excluding carboxylic acids is 1. The molecular formula is C24H32N4O4S. The molecule has 1 amide bonds. The van der Waals surface area contributed by atoms with Gasteiger partial charge in [-0.25, -0.2) is 8.42 Å². The molecule has 33 heavy (non-hydrogen) atoms. The lowest BCUT2D eigenvalue weighted by atomic mass is 10.2. The maximum absolute atomic E-state index is 13.1. The lowest BCUT2D eigenvalue weighted by Gasteiger charge is -2.27. The van der Waals surface area contributed by atoms with Gasteiger partial charge in [-0.1, -0.05) is 6.07 Å². The normalized spacial score (nSPS) is 18.2. The zero-order valence-corrected chi connectivity index (χ0v) is 20.0. The first-order valence-electron chi connectivity index (χ1n) is 11.5. The Kier molecular flexibility index (Phi) is 7.21. The number of rotatable bonds is 7. The Morgan fingerprint density at radius 3 is 2.27 bits per heavy atom. The highest BCUT2D eigenvalue weighted by Crippen LogP contribution is 2.25. The van der Waals surface area contributed by atoms with Crippen LogP contribution in [0.1, 0.15) is 25.3 Å². The minimum atomic E-state index is -3.65. The molecule has 2 aromatic rings. The summed E-state index contributed by atoms with van der Waals surface area (Å²) >= 11 is 0. The number of morpholine rings is 1. The topological polar surface area (TPSA) is 91.0 Å². The number of anilines is 3. The van der Waals surface area contributed by atoms with E-state index in [9.17, 15) is 13.2 Å². The highest BCUT2D eigenvalue weighted by molar-refractivity contribution is 7.89. The van der Waals surface area contributed by atoms with Crippen LogP contribution >= 0.6 is 0 Å². The summed E-state index contributed by atoms with van der Waals surface area (Å²) in [6, 6.07) is 12.6. The SMILES string of the molecule is Cc1ccc(NC(=O)C(C)Nc2ccc(N3CCCC3)cc2)cc1S(=O)(=O)N1CCOCC1. The Bertz CT molecular complexity index is 1080. The monoisotopic (exact) mass is 472 g/mol. The molecule has 2 aromatic carbocycles. The van der Waals surface area contributed by atoms with Crippen molar-refractivity contribution in [2.45, 2.75) is 37.6 Å². The summed E-state index contributed by atoms with van der Waals surface area (Å²) < 4.78 is 32.9. The van der Waals surface area contributed by atoms with E-state index >= 15 is 0 Å². The van der Waals surface area contributed by atoms with Crippen molar-refractivity contribution in [2.24, 2.45) is 0 Å². The van der Waals surface area contributed by atoms with Gasteiger partial charge in [0.1, 0.15) is 6.04 Å². The fraction of sp³-hybridized carbons (Fsp3) is 0.458. The summed E-state index contributed by atoms with van der Waals surface area (Å²) in [4.78, 5) is 15.4. The van der Waals surface area contributed by atoms with Crippen LogP contribution in [0.5, 0.6) is 0 Å². The Hall–Kier alpha value is -2.62. The minimum absolute atomic E-state index is 0.209. The number of carbonyl (C=O) groups is 1. The minimum Gasteiger partial charge on any atom is -0.379 e. The van der Waals surface area contributed by atoms with Crippen LogP contribution in [0.25, 0.3) is 0 Å². The van der Waals surface area contributed by atoms with Crippen LogP contribution in [0.2, 0.25) is 0 Å². The summed E-state index contributed by atoms with van der Waals surface area (Å²) in [7, 11) is -3.65. The number of ether oxygens (including phenoxy) is 1. The van der Waals surface area contributed by atoms with Gasteiger partial charge in [-0.3, -0.25) is 4.79 Å². The number of sulfonamides is 1. The third-order valence-electron chi connectivity index (χ3n) is 6.16. The molecule has 2 aliphatic heterocycles. The molecule has 2 heterocycles. The van der Waals surface area contributed by atoms with Crippen molar-refractivity contribution in [3.63, 3.8) is 0 Å². The molecule has 4 rings (SSSR count). The van der Waals surface area contributed by atoms with Crippen LogP contribution in [-0.2, 0) is 19.6 Å². The highest BCUT2D eigenvalue weighted by atomic mass is 32.2. The van der Waals surface area contributed by atoms with E-state index < -0.39 is 16.1 Å². The lowest BCUT2D eigenvalue weighted by molar-refractivity contribution is -0.116. The molecule has 2 fully saturated rings. The molecule has 1 unspecified atom stereocenters. The second kappa shape index (κ2) is 10.1. The van der Waals surface area contributed by atoms with Gasteiger partial charge < -0.3 is 20.3 Å². The number of aryl methyl sites for hydroxylation is 1. The van der Waals surface area contributed by atoms with Gasteiger partial charge in [0.2, 0.25) is 15.9 Å². The molecular weight excluding hydrogens is 440 g/mol. The molecule has 2 N–H and O–H groups in total. The van der Waals surface area contributed by atoms with Crippen molar-refractivity contribution in [1.82, 2.24) is 4.31 Å². The van der Waals surface area contributed by atoms with Crippen LogP contribution < -0.4 is 15.5 Å². The molecule has 0 spiro atoms. The smallest absolute Gasteiger partial charge is 0.246 e. The van der Waals surface area contributed by atoms with Crippen LogP contribution in [0.3, 0.4) is 0 Å². The van der Waals surface area contributed by atoms with E-state index in [0.717, 1.165) is 18.8 Å². The van der Waals surface area contributed by atoms with E-state index in [2.05, 4.69) is 27.7 Å². The van der Waals surface area contributed by atoms with E-state index in [-0.39, 0.29) is 10.8 Å². The predicted molar refractivity (Wildman–Crippen MR) is 130 cm³/mol. The molecule has 9 heteroatoms. The molecule has 0 bridgehead atoms. The molecule has 178 valence electrons. The molecule has 8 nitrogen and oxygen atoms in total. The summed E-state index contributed by atoms with van der Waals surface area (Å²) in [5, 5.41) is 6.06.